The topological polar surface area (TPSA) is 109 Å². The van der Waals surface area contributed by atoms with Crippen LogP contribution in [0.3, 0.4) is 0 Å². The summed E-state index contributed by atoms with van der Waals surface area (Å²) in [5, 5.41) is 40.1. The second-order valence-electron chi connectivity index (χ2n) is 9.52. The molecule has 36 heavy (non-hydrogen) atoms. The molecule has 4 N–H and O–H groups in total. The van der Waals surface area contributed by atoms with E-state index in [4.69, 9.17) is 14.2 Å². The van der Waals surface area contributed by atoms with E-state index in [0.29, 0.717) is 18.6 Å². The first-order valence-electron chi connectivity index (χ1n) is 12.3. The summed E-state index contributed by atoms with van der Waals surface area (Å²) in [5.41, 5.74) is 5.16. The Hall–Kier alpha value is -2.78. The summed E-state index contributed by atoms with van der Waals surface area (Å²) in [4.78, 5) is 0. The van der Waals surface area contributed by atoms with Gasteiger partial charge in [-0.2, -0.15) is 0 Å². The molecule has 2 aliphatic heterocycles. The zero-order valence-corrected chi connectivity index (χ0v) is 20.1. The zero-order valence-electron chi connectivity index (χ0n) is 20.1. The number of aliphatic hydroxyl groups is 4. The Bertz CT molecular complexity index is 1160. The average molecular weight is 493 g/mol. The summed E-state index contributed by atoms with van der Waals surface area (Å²) in [5.74, 6) is 0.773. The van der Waals surface area contributed by atoms with E-state index >= 15 is 0 Å². The number of fused-ring (bicyclic) bond motifs is 1. The van der Waals surface area contributed by atoms with Gasteiger partial charge in [0.05, 0.1) is 12.7 Å². The second kappa shape index (κ2) is 10.7. The third kappa shape index (κ3) is 5.04. The smallest absolute Gasteiger partial charge is 0.119 e. The van der Waals surface area contributed by atoms with Crippen LogP contribution in [0.25, 0.3) is 0 Å². The first-order valence-corrected chi connectivity index (χ1v) is 12.3. The lowest BCUT2D eigenvalue weighted by Gasteiger charge is -2.40. The molecule has 2 aliphatic rings. The molecular formula is C29H32O7. The number of hydrogen-bond acceptors (Lipinski definition) is 7. The molecule has 190 valence electrons. The molecule has 1 saturated heterocycles. The Morgan fingerprint density at radius 2 is 1.53 bits per heavy atom. The fourth-order valence-corrected chi connectivity index (χ4v) is 5.06. The van der Waals surface area contributed by atoms with Crippen LogP contribution in [0.2, 0.25) is 0 Å². The van der Waals surface area contributed by atoms with Crippen LogP contribution in [0.4, 0.5) is 0 Å². The standard InChI is InChI=1S/C29H32O7/c1-17-22-7-2-3-8-23(22)25(35-17)16-34-21-11-9-18(10-12-21)13-19-5-4-6-20(14-19)29-28(33)27(32)26(31)24(15-30)36-29/h2-12,14,17,24-33H,13,15-16H2,1H3/t17?,24-,25?,26-,27+,28-,29+/m1/s1. The van der Waals surface area contributed by atoms with Gasteiger partial charge in [-0.1, -0.05) is 60.7 Å². The van der Waals surface area contributed by atoms with E-state index in [0.717, 1.165) is 16.9 Å². The Labute approximate surface area is 210 Å². The molecule has 2 heterocycles. The van der Waals surface area contributed by atoms with Crippen LogP contribution in [-0.2, 0) is 15.9 Å². The lowest BCUT2D eigenvalue weighted by molar-refractivity contribution is -0.231. The van der Waals surface area contributed by atoms with Crippen molar-refractivity contribution in [2.24, 2.45) is 0 Å². The first kappa shape index (κ1) is 24.9. The highest BCUT2D eigenvalue weighted by Gasteiger charge is 2.43. The van der Waals surface area contributed by atoms with Gasteiger partial charge in [0.25, 0.3) is 0 Å². The van der Waals surface area contributed by atoms with Gasteiger partial charge in [0.15, 0.2) is 0 Å². The Morgan fingerprint density at radius 1 is 0.778 bits per heavy atom. The van der Waals surface area contributed by atoms with Crippen LogP contribution < -0.4 is 4.74 Å². The number of rotatable bonds is 7. The van der Waals surface area contributed by atoms with Crippen LogP contribution in [0.5, 0.6) is 5.75 Å². The highest BCUT2D eigenvalue weighted by Crippen LogP contribution is 2.39. The van der Waals surface area contributed by atoms with Crippen molar-refractivity contribution in [2.75, 3.05) is 13.2 Å². The summed E-state index contributed by atoms with van der Waals surface area (Å²) in [6.07, 6.45) is -5.21. The van der Waals surface area contributed by atoms with Crippen LogP contribution >= 0.6 is 0 Å². The van der Waals surface area contributed by atoms with Gasteiger partial charge in [-0.3, -0.25) is 0 Å². The van der Waals surface area contributed by atoms with E-state index in [1.807, 2.05) is 54.6 Å². The van der Waals surface area contributed by atoms with Crippen molar-refractivity contribution in [1.82, 2.24) is 0 Å². The van der Waals surface area contributed by atoms with Gasteiger partial charge in [-0.05, 0) is 53.3 Å². The van der Waals surface area contributed by atoms with Crippen LogP contribution in [0, 0.1) is 0 Å². The number of benzene rings is 3. The number of ether oxygens (including phenoxy) is 3. The summed E-state index contributed by atoms with van der Waals surface area (Å²) in [7, 11) is 0. The molecular weight excluding hydrogens is 460 g/mol. The number of aliphatic hydroxyl groups excluding tert-OH is 4. The molecule has 0 amide bonds. The van der Waals surface area contributed by atoms with E-state index in [9.17, 15) is 20.4 Å². The predicted octanol–water partition coefficient (Wildman–Crippen LogP) is 3.00. The van der Waals surface area contributed by atoms with Crippen molar-refractivity contribution in [3.05, 3.63) is 101 Å². The van der Waals surface area contributed by atoms with Gasteiger partial charge in [0.1, 0.15) is 49.0 Å². The highest BCUT2D eigenvalue weighted by atomic mass is 16.5. The van der Waals surface area contributed by atoms with Crippen molar-refractivity contribution in [3.8, 4) is 5.75 Å². The molecule has 3 aromatic carbocycles. The van der Waals surface area contributed by atoms with Gasteiger partial charge < -0.3 is 34.6 Å². The third-order valence-corrected chi connectivity index (χ3v) is 7.05. The molecule has 3 aromatic rings. The fraction of sp³-hybridized carbons (Fsp3) is 0.379. The zero-order chi connectivity index (χ0) is 25.2. The highest BCUT2D eigenvalue weighted by molar-refractivity contribution is 5.36. The maximum atomic E-state index is 10.4. The van der Waals surface area contributed by atoms with Gasteiger partial charge in [-0.25, -0.2) is 0 Å². The molecule has 0 aliphatic carbocycles. The minimum absolute atomic E-state index is 0.0657. The average Bonchev–Trinajstić information content (AvgIpc) is 3.23. The van der Waals surface area contributed by atoms with Crippen molar-refractivity contribution in [2.45, 2.75) is 56.1 Å². The molecule has 7 nitrogen and oxygen atoms in total. The summed E-state index contributed by atoms with van der Waals surface area (Å²) in [6.45, 7) is 2.05. The largest absolute Gasteiger partial charge is 0.491 e. The lowest BCUT2D eigenvalue weighted by atomic mass is 9.90. The molecule has 7 heteroatoms. The third-order valence-electron chi connectivity index (χ3n) is 7.05. The molecule has 5 rings (SSSR count). The summed E-state index contributed by atoms with van der Waals surface area (Å²) in [6, 6.07) is 23.7. The van der Waals surface area contributed by atoms with Crippen molar-refractivity contribution >= 4 is 0 Å². The predicted molar refractivity (Wildman–Crippen MR) is 133 cm³/mol. The normalized spacial score (nSPS) is 29.6. The monoisotopic (exact) mass is 492 g/mol. The fourth-order valence-electron chi connectivity index (χ4n) is 5.06. The molecule has 2 unspecified atom stereocenters. The van der Waals surface area contributed by atoms with Crippen LogP contribution in [-0.4, -0.2) is 58.1 Å². The number of hydrogen-bond donors (Lipinski definition) is 4. The van der Waals surface area contributed by atoms with E-state index in [1.165, 1.54) is 11.1 Å². The van der Waals surface area contributed by atoms with Crippen molar-refractivity contribution in [3.63, 3.8) is 0 Å². The minimum Gasteiger partial charge on any atom is -0.491 e. The maximum Gasteiger partial charge on any atom is 0.119 e. The lowest BCUT2D eigenvalue weighted by Crippen LogP contribution is -2.55. The van der Waals surface area contributed by atoms with Crippen molar-refractivity contribution < 1.29 is 34.6 Å². The minimum atomic E-state index is -1.40. The Balaban J connectivity index is 1.22. The molecule has 0 radical (unpaired) electrons. The van der Waals surface area contributed by atoms with E-state index in [-0.39, 0.29) is 12.2 Å². The van der Waals surface area contributed by atoms with Crippen LogP contribution in [0.1, 0.15) is 53.1 Å². The Morgan fingerprint density at radius 3 is 2.28 bits per heavy atom. The maximum absolute atomic E-state index is 10.4. The van der Waals surface area contributed by atoms with Crippen LogP contribution in [0.15, 0.2) is 72.8 Å². The van der Waals surface area contributed by atoms with Gasteiger partial charge in [0.2, 0.25) is 0 Å². The SMILES string of the molecule is CC1OC(COc2ccc(Cc3cccc([C@@H]4O[C@H](CO)[C@@H](O)[C@H](O)[C@H]4O)c3)cc2)c2ccccc21. The summed E-state index contributed by atoms with van der Waals surface area (Å²) < 4.78 is 17.8. The molecule has 0 saturated carbocycles. The molecule has 7 atom stereocenters. The van der Waals surface area contributed by atoms with E-state index < -0.39 is 37.1 Å². The van der Waals surface area contributed by atoms with Crippen molar-refractivity contribution in [1.29, 1.82) is 0 Å². The van der Waals surface area contributed by atoms with Gasteiger partial charge >= 0.3 is 0 Å². The Kier molecular flexibility index (Phi) is 7.39. The molecule has 0 aromatic heterocycles. The summed E-state index contributed by atoms with van der Waals surface area (Å²) >= 11 is 0. The van der Waals surface area contributed by atoms with Gasteiger partial charge in [-0.15, -0.1) is 0 Å². The molecule has 0 spiro atoms. The molecule has 1 fully saturated rings. The first-order chi connectivity index (χ1) is 17.4. The second-order valence-corrected chi connectivity index (χ2v) is 9.52. The van der Waals surface area contributed by atoms with E-state index in [2.05, 4.69) is 19.1 Å². The van der Waals surface area contributed by atoms with Gasteiger partial charge in [0, 0.05) is 0 Å². The quantitative estimate of drug-likeness (QED) is 0.402. The molecule has 0 bridgehead atoms. The van der Waals surface area contributed by atoms with E-state index in [1.54, 1.807) is 6.07 Å².